The molecule has 0 atom stereocenters. The van der Waals surface area contributed by atoms with Crippen molar-refractivity contribution in [3.63, 3.8) is 0 Å². The van der Waals surface area contributed by atoms with E-state index in [9.17, 15) is 8.78 Å². The smallest absolute Gasteiger partial charge is 0.182 e. The molecule has 0 spiro atoms. The highest BCUT2D eigenvalue weighted by Gasteiger charge is 2.25. The van der Waals surface area contributed by atoms with E-state index in [1.807, 2.05) is 4.90 Å². The second-order valence-electron chi connectivity index (χ2n) is 6.08. The van der Waals surface area contributed by atoms with E-state index in [-0.39, 0.29) is 17.5 Å². The summed E-state index contributed by atoms with van der Waals surface area (Å²) < 4.78 is 27.9. The van der Waals surface area contributed by atoms with Crippen LogP contribution in [0.1, 0.15) is 38.7 Å². The molecule has 0 unspecified atom stereocenters. The number of hydrogen-bond donors (Lipinski definition) is 1. The molecule has 0 saturated carbocycles. The molecule has 2 N–H and O–H groups in total. The molecule has 4 heteroatoms. The van der Waals surface area contributed by atoms with Gasteiger partial charge in [-0.25, -0.2) is 8.78 Å². The maximum atomic E-state index is 14.1. The molecule has 2 nitrogen and oxygen atoms in total. The van der Waals surface area contributed by atoms with Crippen LogP contribution in [0.3, 0.4) is 0 Å². The van der Waals surface area contributed by atoms with Gasteiger partial charge in [-0.3, -0.25) is 0 Å². The van der Waals surface area contributed by atoms with E-state index >= 15 is 0 Å². The minimum atomic E-state index is -0.802. The Balaban J connectivity index is 2.25. The molecular weight excluding hydrogens is 246 g/mol. The number of nitrogens with two attached hydrogens (primary N) is 1. The Hall–Kier alpha value is -1.16. The second kappa shape index (κ2) is 5.45. The minimum absolute atomic E-state index is 0.0239. The first-order valence-electron chi connectivity index (χ1n) is 6.86. The number of anilines is 1. The maximum Gasteiger partial charge on any atom is 0.182 e. The van der Waals surface area contributed by atoms with Gasteiger partial charge in [0.1, 0.15) is 0 Å². The van der Waals surface area contributed by atoms with Gasteiger partial charge in [-0.1, -0.05) is 19.9 Å². The van der Waals surface area contributed by atoms with E-state index in [2.05, 4.69) is 13.8 Å². The number of benzene rings is 1. The van der Waals surface area contributed by atoms with Gasteiger partial charge in [0.15, 0.2) is 11.6 Å². The van der Waals surface area contributed by atoms with E-state index in [0.717, 1.165) is 32.4 Å². The largest absolute Gasteiger partial charge is 0.369 e. The predicted octanol–water partition coefficient (Wildman–Crippen LogP) is 3.44. The van der Waals surface area contributed by atoms with Gasteiger partial charge in [-0.05, 0) is 30.7 Å². The first-order chi connectivity index (χ1) is 8.94. The molecule has 1 aromatic rings. The lowest BCUT2D eigenvalue weighted by molar-refractivity contribution is 0.325. The van der Waals surface area contributed by atoms with Crippen LogP contribution in [-0.4, -0.2) is 13.1 Å². The van der Waals surface area contributed by atoms with Gasteiger partial charge < -0.3 is 10.6 Å². The zero-order chi connectivity index (χ0) is 14.0. The van der Waals surface area contributed by atoms with Crippen molar-refractivity contribution >= 4 is 5.69 Å². The van der Waals surface area contributed by atoms with Crippen LogP contribution >= 0.6 is 0 Å². The van der Waals surface area contributed by atoms with Crippen LogP contribution < -0.4 is 10.6 Å². The highest BCUT2D eigenvalue weighted by Crippen LogP contribution is 2.33. The average Bonchev–Trinajstić information content (AvgIpc) is 2.54. The fraction of sp³-hybridized carbons (Fsp3) is 0.600. The van der Waals surface area contributed by atoms with Crippen LogP contribution in [-0.2, 0) is 6.54 Å². The minimum Gasteiger partial charge on any atom is -0.369 e. The van der Waals surface area contributed by atoms with Crippen LogP contribution in [0.15, 0.2) is 12.1 Å². The zero-order valence-corrected chi connectivity index (χ0v) is 11.7. The van der Waals surface area contributed by atoms with Crippen molar-refractivity contribution in [1.29, 1.82) is 0 Å². The van der Waals surface area contributed by atoms with Gasteiger partial charge in [0.25, 0.3) is 0 Å². The molecule has 2 rings (SSSR count). The van der Waals surface area contributed by atoms with Crippen molar-refractivity contribution in [2.75, 3.05) is 18.0 Å². The number of nitrogens with zero attached hydrogens (tertiary/aromatic N) is 1. The summed E-state index contributed by atoms with van der Waals surface area (Å²) in [5, 5.41) is 0. The maximum absolute atomic E-state index is 14.1. The van der Waals surface area contributed by atoms with E-state index in [1.54, 1.807) is 12.1 Å². The fourth-order valence-corrected chi connectivity index (χ4v) is 2.64. The molecule has 19 heavy (non-hydrogen) atoms. The predicted molar refractivity (Wildman–Crippen MR) is 74.1 cm³/mol. The lowest BCUT2D eigenvalue weighted by Crippen LogP contribution is -2.26. The van der Waals surface area contributed by atoms with Crippen LogP contribution in [0.5, 0.6) is 0 Å². The van der Waals surface area contributed by atoms with Crippen molar-refractivity contribution in [3.8, 4) is 0 Å². The third-order valence-corrected chi connectivity index (χ3v) is 4.04. The molecule has 1 aromatic carbocycles. The molecule has 0 aliphatic carbocycles. The Morgan fingerprint density at radius 2 is 1.89 bits per heavy atom. The normalized spacial score (nSPS) is 19.3. The summed E-state index contributed by atoms with van der Waals surface area (Å²) in [7, 11) is 0. The van der Waals surface area contributed by atoms with Crippen molar-refractivity contribution in [3.05, 3.63) is 29.3 Å². The number of rotatable bonds is 2. The molecule has 0 radical (unpaired) electrons. The first kappa shape index (κ1) is 14.3. The quantitative estimate of drug-likeness (QED) is 0.890. The summed E-state index contributed by atoms with van der Waals surface area (Å²) in [5.74, 6) is -1.56. The molecule has 1 saturated heterocycles. The fourth-order valence-electron chi connectivity index (χ4n) is 2.64. The van der Waals surface area contributed by atoms with Crippen LogP contribution in [0.2, 0.25) is 0 Å². The standard InChI is InChI=1S/C15H22F2N2/c1-15(2)6-3-8-19(9-7-15)12-5-4-11(10-18)13(16)14(12)17/h4-5H,3,6-10,18H2,1-2H3. The Morgan fingerprint density at radius 3 is 2.58 bits per heavy atom. The van der Waals surface area contributed by atoms with Crippen LogP contribution in [0.25, 0.3) is 0 Å². The van der Waals surface area contributed by atoms with Crippen molar-refractivity contribution in [2.24, 2.45) is 11.1 Å². The van der Waals surface area contributed by atoms with Crippen LogP contribution in [0, 0.1) is 17.0 Å². The molecular formula is C15H22F2N2. The summed E-state index contributed by atoms with van der Waals surface area (Å²) in [6, 6.07) is 3.24. The summed E-state index contributed by atoms with van der Waals surface area (Å²) in [4.78, 5) is 1.95. The van der Waals surface area contributed by atoms with E-state index < -0.39 is 11.6 Å². The van der Waals surface area contributed by atoms with Crippen molar-refractivity contribution in [1.82, 2.24) is 0 Å². The zero-order valence-electron chi connectivity index (χ0n) is 11.7. The number of halogens is 2. The van der Waals surface area contributed by atoms with Gasteiger partial charge >= 0.3 is 0 Å². The second-order valence-corrected chi connectivity index (χ2v) is 6.08. The Bertz CT molecular complexity index is 458. The summed E-state index contributed by atoms with van der Waals surface area (Å²) in [6.07, 6.45) is 3.12. The van der Waals surface area contributed by atoms with Crippen molar-refractivity contribution in [2.45, 2.75) is 39.7 Å². The lowest BCUT2D eigenvalue weighted by atomic mass is 9.85. The molecule has 0 amide bonds. The first-order valence-corrected chi connectivity index (χ1v) is 6.86. The Kier molecular flexibility index (Phi) is 4.09. The summed E-state index contributed by atoms with van der Waals surface area (Å²) >= 11 is 0. The molecule has 0 bridgehead atoms. The average molecular weight is 268 g/mol. The van der Waals surface area contributed by atoms with Crippen LogP contribution in [0.4, 0.5) is 14.5 Å². The highest BCUT2D eigenvalue weighted by molar-refractivity contribution is 5.50. The molecule has 1 aliphatic heterocycles. The highest BCUT2D eigenvalue weighted by atomic mass is 19.2. The summed E-state index contributed by atoms with van der Waals surface area (Å²) in [6.45, 7) is 6.03. The molecule has 106 valence electrons. The van der Waals surface area contributed by atoms with Gasteiger partial charge in [0, 0.05) is 25.2 Å². The summed E-state index contributed by atoms with van der Waals surface area (Å²) in [5.41, 5.74) is 6.27. The molecule has 1 heterocycles. The molecule has 1 fully saturated rings. The van der Waals surface area contributed by atoms with E-state index in [1.165, 1.54) is 0 Å². The van der Waals surface area contributed by atoms with Crippen molar-refractivity contribution < 1.29 is 8.78 Å². The Morgan fingerprint density at radius 1 is 1.16 bits per heavy atom. The topological polar surface area (TPSA) is 29.3 Å². The van der Waals surface area contributed by atoms with Gasteiger partial charge in [0.05, 0.1) is 5.69 Å². The molecule has 0 aromatic heterocycles. The third-order valence-electron chi connectivity index (χ3n) is 4.04. The monoisotopic (exact) mass is 268 g/mol. The van der Waals surface area contributed by atoms with Gasteiger partial charge in [-0.15, -0.1) is 0 Å². The lowest BCUT2D eigenvalue weighted by Gasteiger charge is -2.25. The van der Waals surface area contributed by atoms with E-state index in [4.69, 9.17) is 5.73 Å². The Labute approximate surface area is 113 Å². The number of hydrogen-bond acceptors (Lipinski definition) is 2. The van der Waals surface area contributed by atoms with E-state index in [0.29, 0.717) is 5.69 Å². The SMILES string of the molecule is CC1(C)CCCN(c2ccc(CN)c(F)c2F)CC1. The molecule has 1 aliphatic rings. The van der Waals surface area contributed by atoms with Gasteiger partial charge in [0.2, 0.25) is 0 Å². The third kappa shape index (κ3) is 3.06. The van der Waals surface area contributed by atoms with Gasteiger partial charge in [-0.2, -0.15) is 0 Å².